The fraction of sp³-hybridized carbons (Fsp3) is 0.556. The highest BCUT2D eigenvalue weighted by molar-refractivity contribution is 7.80. The molecule has 0 spiro atoms. The maximum Gasteiger partial charge on any atom is 0.337 e. The van der Waals surface area contributed by atoms with Gasteiger partial charge in [-0.3, -0.25) is 0 Å². The van der Waals surface area contributed by atoms with Crippen LogP contribution in [0.4, 0.5) is 5.69 Å². The van der Waals surface area contributed by atoms with E-state index in [-0.39, 0.29) is 11.5 Å². The first kappa shape index (κ1) is 16.2. The van der Waals surface area contributed by atoms with Gasteiger partial charge >= 0.3 is 5.97 Å². The van der Waals surface area contributed by atoms with Gasteiger partial charge in [-0.15, -0.1) is 0 Å². The van der Waals surface area contributed by atoms with E-state index in [1.54, 1.807) is 12.1 Å². The van der Waals surface area contributed by atoms with Crippen LogP contribution in [-0.4, -0.2) is 23.7 Å². The Morgan fingerprint density at radius 3 is 2.61 bits per heavy atom. The molecule has 0 heterocycles. The van der Waals surface area contributed by atoms with E-state index in [2.05, 4.69) is 10.6 Å². The topological polar surface area (TPSA) is 50.4 Å². The number of benzene rings is 1. The summed E-state index contributed by atoms with van der Waals surface area (Å²) in [5.74, 6) is 0.435. The van der Waals surface area contributed by atoms with E-state index < -0.39 is 0 Å². The van der Waals surface area contributed by atoms with Crippen molar-refractivity contribution in [1.29, 1.82) is 0 Å². The Bertz CT molecular complexity index is 619. The summed E-state index contributed by atoms with van der Waals surface area (Å²) in [7, 11) is 1.39. The lowest BCUT2D eigenvalue weighted by atomic mass is 9.91. The van der Waals surface area contributed by atoms with Crippen molar-refractivity contribution in [3.05, 3.63) is 29.3 Å². The summed E-state index contributed by atoms with van der Waals surface area (Å²) in [6.45, 7) is 2.00. The van der Waals surface area contributed by atoms with Crippen molar-refractivity contribution in [2.24, 2.45) is 5.92 Å². The quantitative estimate of drug-likeness (QED) is 0.649. The first-order chi connectivity index (χ1) is 11.0. The van der Waals surface area contributed by atoms with Crippen molar-refractivity contribution in [1.82, 2.24) is 5.32 Å². The summed E-state index contributed by atoms with van der Waals surface area (Å²) < 4.78 is 4.78. The van der Waals surface area contributed by atoms with Gasteiger partial charge in [0.1, 0.15) is 0 Å². The molecule has 0 atom stereocenters. The number of anilines is 1. The minimum Gasteiger partial charge on any atom is -0.465 e. The Kier molecular flexibility index (Phi) is 4.57. The van der Waals surface area contributed by atoms with Crippen LogP contribution in [0.3, 0.4) is 0 Å². The third kappa shape index (κ3) is 3.50. The Balaban J connectivity index is 1.71. The lowest BCUT2D eigenvalue weighted by Crippen LogP contribution is -2.49. The van der Waals surface area contributed by atoms with Crippen molar-refractivity contribution in [3.8, 4) is 0 Å². The molecular formula is C18H24N2O2S. The molecule has 124 valence electrons. The predicted molar refractivity (Wildman–Crippen MR) is 95.8 cm³/mol. The Labute approximate surface area is 143 Å². The van der Waals surface area contributed by atoms with E-state index in [1.807, 2.05) is 13.0 Å². The molecule has 2 fully saturated rings. The van der Waals surface area contributed by atoms with Crippen molar-refractivity contribution in [2.75, 3.05) is 12.4 Å². The van der Waals surface area contributed by atoms with Crippen molar-refractivity contribution in [2.45, 2.75) is 51.0 Å². The number of hydrogen-bond acceptors (Lipinski definition) is 3. The summed E-state index contributed by atoms with van der Waals surface area (Å²) in [4.78, 5) is 11.7. The van der Waals surface area contributed by atoms with Crippen LogP contribution in [0.1, 0.15) is 54.4 Å². The van der Waals surface area contributed by atoms with Gasteiger partial charge < -0.3 is 15.4 Å². The fourth-order valence-corrected chi connectivity index (χ4v) is 3.97. The highest BCUT2D eigenvalue weighted by atomic mass is 32.1. The van der Waals surface area contributed by atoms with Crippen molar-refractivity contribution < 1.29 is 9.53 Å². The largest absolute Gasteiger partial charge is 0.465 e. The van der Waals surface area contributed by atoms with Gasteiger partial charge in [-0.1, -0.05) is 18.9 Å². The van der Waals surface area contributed by atoms with Gasteiger partial charge in [-0.05, 0) is 68.4 Å². The van der Waals surface area contributed by atoms with Crippen LogP contribution in [0.5, 0.6) is 0 Å². The number of methoxy groups -OCH3 is 1. The average molecular weight is 332 g/mol. The van der Waals surface area contributed by atoms with Gasteiger partial charge in [0.05, 0.1) is 12.7 Å². The Hall–Kier alpha value is -1.62. The lowest BCUT2D eigenvalue weighted by Gasteiger charge is -2.32. The highest BCUT2D eigenvalue weighted by Gasteiger charge is 2.47. The van der Waals surface area contributed by atoms with Gasteiger partial charge in [0.2, 0.25) is 0 Å². The number of ether oxygens (including phenoxy) is 1. The average Bonchev–Trinajstić information content (AvgIpc) is 3.30. The van der Waals surface area contributed by atoms with E-state index in [1.165, 1.54) is 45.6 Å². The number of carbonyl (C=O) groups is 1. The van der Waals surface area contributed by atoms with E-state index in [4.69, 9.17) is 17.0 Å². The second kappa shape index (κ2) is 6.48. The summed E-state index contributed by atoms with van der Waals surface area (Å²) in [5.41, 5.74) is 2.63. The fourth-order valence-electron chi connectivity index (χ4n) is 3.66. The molecule has 0 amide bonds. The van der Waals surface area contributed by atoms with Gasteiger partial charge in [-0.2, -0.15) is 0 Å². The summed E-state index contributed by atoms with van der Waals surface area (Å²) in [6, 6.07) is 5.47. The number of thiocarbonyl (C=S) groups is 1. The lowest BCUT2D eigenvalue weighted by molar-refractivity contribution is 0.0601. The highest BCUT2D eigenvalue weighted by Crippen LogP contribution is 2.48. The zero-order chi connectivity index (χ0) is 16.4. The molecule has 0 saturated heterocycles. The van der Waals surface area contributed by atoms with Crippen molar-refractivity contribution >= 4 is 29.0 Å². The first-order valence-electron chi connectivity index (χ1n) is 8.32. The number of nitrogens with one attached hydrogen (secondary N) is 2. The Morgan fingerprint density at radius 1 is 1.30 bits per heavy atom. The van der Waals surface area contributed by atoms with E-state index in [0.717, 1.165) is 17.2 Å². The van der Waals surface area contributed by atoms with Crippen LogP contribution in [-0.2, 0) is 4.74 Å². The molecule has 0 aromatic heterocycles. The van der Waals surface area contributed by atoms with Crippen LogP contribution in [0.15, 0.2) is 18.2 Å². The number of rotatable bonds is 4. The van der Waals surface area contributed by atoms with Gasteiger partial charge in [0, 0.05) is 11.2 Å². The molecule has 1 aromatic carbocycles. The van der Waals surface area contributed by atoms with Crippen LogP contribution >= 0.6 is 12.2 Å². The standard InChI is InChI=1S/C18H24N2O2S/c1-12-5-6-13(16(21)22-2)11-15(12)19-17(23)20-18(14-7-8-14)9-3-4-10-18/h5-6,11,14H,3-4,7-10H2,1-2H3,(H2,19,20,23). The number of hydrogen-bond donors (Lipinski definition) is 2. The van der Waals surface area contributed by atoms with Crippen LogP contribution in [0.2, 0.25) is 0 Å². The molecule has 3 rings (SSSR count). The predicted octanol–water partition coefficient (Wildman–Crippen LogP) is 3.79. The minimum atomic E-state index is -0.336. The normalized spacial score (nSPS) is 19.2. The third-order valence-electron chi connectivity index (χ3n) is 5.12. The molecule has 0 unspecified atom stereocenters. The monoisotopic (exact) mass is 332 g/mol. The third-order valence-corrected chi connectivity index (χ3v) is 5.33. The van der Waals surface area contributed by atoms with Gasteiger partial charge in [-0.25, -0.2) is 4.79 Å². The second-order valence-corrected chi connectivity index (χ2v) is 7.15. The molecule has 2 aliphatic rings. The van der Waals surface area contributed by atoms with E-state index in [9.17, 15) is 4.79 Å². The minimum absolute atomic E-state index is 0.192. The second-order valence-electron chi connectivity index (χ2n) is 6.74. The van der Waals surface area contributed by atoms with Crippen LogP contribution in [0.25, 0.3) is 0 Å². The molecule has 23 heavy (non-hydrogen) atoms. The number of carbonyl (C=O) groups excluding carboxylic acids is 1. The molecule has 2 aliphatic carbocycles. The van der Waals surface area contributed by atoms with Crippen molar-refractivity contribution in [3.63, 3.8) is 0 Å². The Morgan fingerprint density at radius 2 is 2.00 bits per heavy atom. The molecule has 5 heteroatoms. The van der Waals surface area contributed by atoms with Crippen LogP contribution < -0.4 is 10.6 Å². The first-order valence-corrected chi connectivity index (χ1v) is 8.73. The maximum absolute atomic E-state index is 11.7. The summed E-state index contributed by atoms with van der Waals surface area (Å²) in [6.07, 6.45) is 7.60. The maximum atomic E-state index is 11.7. The molecule has 0 aliphatic heterocycles. The molecule has 2 N–H and O–H groups in total. The molecule has 4 nitrogen and oxygen atoms in total. The molecule has 0 bridgehead atoms. The van der Waals surface area contributed by atoms with Gasteiger partial charge in [0.15, 0.2) is 5.11 Å². The summed E-state index contributed by atoms with van der Waals surface area (Å²) >= 11 is 5.55. The molecule has 2 saturated carbocycles. The van der Waals surface area contributed by atoms with E-state index >= 15 is 0 Å². The van der Waals surface area contributed by atoms with Gasteiger partial charge in [0.25, 0.3) is 0 Å². The molecule has 0 radical (unpaired) electrons. The zero-order valence-electron chi connectivity index (χ0n) is 13.8. The molecule has 1 aromatic rings. The number of esters is 1. The zero-order valence-corrected chi connectivity index (χ0v) is 14.6. The summed E-state index contributed by atoms with van der Waals surface area (Å²) in [5, 5.41) is 7.53. The SMILES string of the molecule is COC(=O)c1ccc(C)c(NC(=S)NC2(C3CC3)CCCC2)c1. The van der Waals surface area contributed by atoms with Crippen LogP contribution in [0, 0.1) is 12.8 Å². The smallest absolute Gasteiger partial charge is 0.337 e. The van der Waals surface area contributed by atoms with E-state index in [0.29, 0.717) is 10.7 Å². The number of aryl methyl sites for hydroxylation is 1. The molecular weight excluding hydrogens is 308 g/mol.